The van der Waals surface area contributed by atoms with Gasteiger partial charge in [-0.25, -0.2) is 8.42 Å². The van der Waals surface area contributed by atoms with Gasteiger partial charge in [-0.2, -0.15) is 0 Å². The molecule has 0 aliphatic heterocycles. The molecule has 0 bridgehead atoms. The van der Waals surface area contributed by atoms with Gasteiger partial charge in [-0.3, -0.25) is 4.79 Å². The zero-order valence-electron chi connectivity index (χ0n) is 13.8. The van der Waals surface area contributed by atoms with Crippen molar-refractivity contribution in [1.29, 1.82) is 0 Å². The maximum atomic E-state index is 13.2. The van der Waals surface area contributed by atoms with Gasteiger partial charge in [-0.05, 0) is 41.3 Å². The summed E-state index contributed by atoms with van der Waals surface area (Å²) >= 11 is 0. The van der Waals surface area contributed by atoms with Gasteiger partial charge in [0.2, 0.25) is 16.1 Å². The molecule has 0 aliphatic carbocycles. The smallest absolute Gasteiger partial charge is 0.423 e. The lowest BCUT2D eigenvalue weighted by Crippen LogP contribution is -2.32. The van der Waals surface area contributed by atoms with Gasteiger partial charge in [0.15, 0.2) is 0 Å². The second-order valence-electron chi connectivity index (χ2n) is 5.85. The van der Waals surface area contributed by atoms with Gasteiger partial charge in [0.1, 0.15) is 4.90 Å². The van der Waals surface area contributed by atoms with Gasteiger partial charge < -0.3 is 20.1 Å². The molecule has 0 heterocycles. The van der Waals surface area contributed by atoms with Crippen LogP contribution in [-0.4, -0.2) is 49.0 Å². The van der Waals surface area contributed by atoms with Crippen molar-refractivity contribution in [3.05, 3.63) is 42.0 Å². The number of hydrogen-bond donors (Lipinski definition) is 4. The van der Waals surface area contributed by atoms with E-state index < -0.39 is 71.5 Å². The molecular formula is C13H10B2F5O7S2. The molecule has 2 aromatic carbocycles. The van der Waals surface area contributed by atoms with Crippen molar-refractivity contribution >= 4 is 51.5 Å². The van der Waals surface area contributed by atoms with E-state index in [1.54, 1.807) is 0 Å². The molecule has 2 rings (SSSR count). The van der Waals surface area contributed by atoms with Crippen molar-refractivity contribution < 1.29 is 52.7 Å². The Balaban J connectivity index is 2.85. The van der Waals surface area contributed by atoms with E-state index in [9.17, 15) is 32.6 Å². The van der Waals surface area contributed by atoms with E-state index in [1.807, 2.05) is 0 Å². The molecule has 16 heteroatoms. The van der Waals surface area contributed by atoms with Crippen molar-refractivity contribution in [2.45, 2.75) is 14.7 Å². The second kappa shape index (κ2) is 6.52. The quantitative estimate of drug-likeness (QED) is 0.353. The lowest BCUT2D eigenvalue weighted by molar-refractivity contribution is 0.363. The molecule has 0 fully saturated rings. The number of carbonyl (C=O) groups excluding carboxylic acids is 1. The van der Waals surface area contributed by atoms with Crippen molar-refractivity contribution in [3.63, 3.8) is 0 Å². The van der Waals surface area contributed by atoms with Gasteiger partial charge in [-0.1, -0.05) is 25.5 Å². The summed E-state index contributed by atoms with van der Waals surface area (Å²) in [6.07, 6.45) is 1.25. The normalized spacial score (nSPS) is 14.7. The molecule has 1 radical (unpaired) electrons. The monoisotopic (exact) mass is 459 g/mol. The third-order valence-electron chi connectivity index (χ3n) is 3.61. The molecule has 0 aliphatic rings. The minimum absolute atomic E-state index is 0.302. The van der Waals surface area contributed by atoms with E-state index in [4.69, 9.17) is 20.1 Å². The van der Waals surface area contributed by atoms with E-state index in [1.165, 1.54) is 6.29 Å². The molecule has 157 valence electrons. The molecule has 7 nitrogen and oxygen atoms in total. The first-order chi connectivity index (χ1) is 12.8. The second-order valence-corrected chi connectivity index (χ2v) is 10.2. The zero-order valence-corrected chi connectivity index (χ0v) is 15.5. The van der Waals surface area contributed by atoms with Crippen LogP contribution in [0.4, 0.5) is 19.4 Å². The van der Waals surface area contributed by atoms with Crippen LogP contribution < -0.4 is 10.9 Å². The molecule has 29 heavy (non-hydrogen) atoms. The standard InChI is InChI=1S/C13H10B2F5O7S2/c16-29(17,18,19,20)13-5-10(15(24)25)4-12(6-13)28(26,27)11-2-8(7-21)1-9(3-11)14(22)23/h1-6,22-25H. The number of sulfone groups is 1. The summed E-state index contributed by atoms with van der Waals surface area (Å²) in [5.74, 6) is 0. The van der Waals surface area contributed by atoms with Crippen LogP contribution in [-0.2, 0) is 14.6 Å². The Morgan fingerprint density at radius 1 is 0.759 bits per heavy atom. The predicted molar refractivity (Wildman–Crippen MR) is 94.2 cm³/mol. The average molecular weight is 459 g/mol. The SMILES string of the molecule is O=[C]c1cc(B(O)O)cc(S(=O)(=O)c2cc(B(O)O)cc(S(F)(F)(F)(F)F)c2)c1. The van der Waals surface area contributed by atoms with Crippen LogP contribution in [0.2, 0.25) is 0 Å². The van der Waals surface area contributed by atoms with E-state index >= 15 is 0 Å². The molecule has 0 amide bonds. The fraction of sp³-hybridized carbons (Fsp3) is 0. The maximum absolute atomic E-state index is 13.2. The summed E-state index contributed by atoms with van der Waals surface area (Å²) in [6.45, 7) is 0. The number of hydrogen-bond acceptors (Lipinski definition) is 7. The highest BCUT2D eigenvalue weighted by molar-refractivity contribution is 8.45. The first kappa shape index (κ1) is 23.3. The molecule has 0 saturated carbocycles. The third-order valence-corrected chi connectivity index (χ3v) is 6.45. The number of benzene rings is 2. The molecular weight excluding hydrogens is 449 g/mol. The lowest BCUT2D eigenvalue weighted by atomic mass is 9.80. The maximum Gasteiger partial charge on any atom is 0.488 e. The van der Waals surface area contributed by atoms with E-state index in [-0.39, 0.29) is 6.07 Å². The van der Waals surface area contributed by atoms with Crippen LogP contribution >= 0.6 is 10.2 Å². The summed E-state index contributed by atoms with van der Waals surface area (Å²) in [5.41, 5.74) is -2.26. The highest BCUT2D eigenvalue weighted by Gasteiger charge is 2.65. The Labute approximate surface area is 161 Å². The largest absolute Gasteiger partial charge is 0.488 e. The van der Waals surface area contributed by atoms with Crippen molar-refractivity contribution in [2.75, 3.05) is 0 Å². The summed E-state index contributed by atoms with van der Waals surface area (Å²) in [4.78, 5) is 5.79. The molecule has 0 atom stereocenters. The number of rotatable bonds is 6. The van der Waals surface area contributed by atoms with E-state index in [0.717, 1.165) is 6.07 Å². The summed E-state index contributed by atoms with van der Waals surface area (Å²) in [5, 5.41) is 36.5. The van der Waals surface area contributed by atoms with E-state index in [2.05, 4.69) is 0 Å². The van der Waals surface area contributed by atoms with Crippen LogP contribution in [0.3, 0.4) is 0 Å². The molecule has 2 aromatic rings. The van der Waals surface area contributed by atoms with Crippen molar-refractivity contribution in [1.82, 2.24) is 0 Å². The minimum Gasteiger partial charge on any atom is -0.423 e. The Hall–Kier alpha value is -1.97. The number of halogens is 5. The first-order valence-electron chi connectivity index (χ1n) is 7.25. The van der Waals surface area contributed by atoms with Gasteiger partial charge in [0.25, 0.3) is 0 Å². The summed E-state index contributed by atoms with van der Waals surface area (Å²) < 4.78 is 91.2. The topological polar surface area (TPSA) is 132 Å². The van der Waals surface area contributed by atoms with Crippen molar-refractivity contribution in [2.24, 2.45) is 0 Å². The Morgan fingerprint density at radius 3 is 1.62 bits per heavy atom. The highest BCUT2D eigenvalue weighted by Crippen LogP contribution is 3.02. The Bertz CT molecular complexity index is 1090. The Morgan fingerprint density at radius 2 is 1.21 bits per heavy atom. The molecule has 0 spiro atoms. The summed E-state index contributed by atoms with van der Waals surface area (Å²) in [7, 11) is -20.5. The van der Waals surface area contributed by atoms with Gasteiger partial charge in [0, 0.05) is 5.56 Å². The molecule has 0 saturated heterocycles. The van der Waals surface area contributed by atoms with Crippen LogP contribution in [0.15, 0.2) is 51.1 Å². The highest BCUT2D eigenvalue weighted by atomic mass is 32.5. The van der Waals surface area contributed by atoms with Gasteiger partial charge >= 0.3 is 24.5 Å². The average Bonchev–Trinajstić information content (AvgIpc) is 2.58. The predicted octanol–water partition coefficient (Wildman–Crippen LogP) is -0.00580. The van der Waals surface area contributed by atoms with Crippen LogP contribution in [0.5, 0.6) is 0 Å². The fourth-order valence-electron chi connectivity index (χ4n) is 2.24. The first-order valence-corrected chi connectivity index (χ1v) is 10.7. The van der Waals surface area contributed by atoms with E-state index in [0.29, 0.717) is 18.2 Å². The van der Waals surface area contributed by atoms with Gasteiger partial charge in [0.05, 0.1) is 9.79 Å². The molecule has 0 unspecified atom stereocenters. The van der Waals surface area contributed by atoms with Gasteiger partial charge in [-0.15, -0.1) is 0 Å². The fourth-order valence-corrected chi connectivity index (χ4v) is 4.44. The molecule has 4 N–H and O–H groups in total. The van der Waals surface area contributed by atoms with Crippen LogP contribution in [0.1, 0.15) is 5.56 Å². The summed E-state index contributed by atoms with van der Waals surface area (Å²) in [6, 6.07) is 1.64. The van der Waals surface area contributed by atoms with Crippen LogP contribution in [0, 0.1) is 0 Å². The third kappa shape index (κ3) is 5.15. The molecule has 0 aromatic heterocycles. The zero-order chi connectivity index (χ0) is 22.5. The Kier molecular flexibility index (Phi) is 5.24. The minimum atomic E-state index is -10.4. The van der Waals surface area contributed by atoms with Crippen molar-refractivity contribution in [3.8, 4) is 0 Å². The lowest BCUT2D eigenvalue weighted by Gasteiger charge is -2.40. The van der Waals surface area contributed by atoms with Crippen LogP contribution in [0.25, 0.3) is 0 Å².